The van der Waals surface area contributed by atoms with Crippen LogP contribution in [0.1, 0.15) is 6.92 Å². The Bertz CT molecular complexity index is 342. The highest BCUT2D eigenvalue weighted by Gasteiger charge is 2.00. The molecule has 88 valence electrons. The van der Waals surface area contributed by atoms with Crippen molar-refractivity contribution in [2.45, 2.75) is 6.92 Å². The van der Waals surface area contributed by atoms with Crippen LogP contribution in [0.4, 0.5) is 16.2 Å². The number of nitrogens with one attached hydrogen (secondary N) is 2. The summed E-state index contributed by atoms with van der Waals surface area (Å²) in [7, 11) is 0. The molecule has 1 aromatic rings. The van der Waals surface area contributed by atoms with E-state index in [9.17, 15) is 4.79 Å². The normalized spacial score (nSPS) is 9.81. The number of anilines is 2. The quantitative estimate of drug-likeness (QED) is 0.522. The summed E-state index contributed by atoms with van der Waals surface area (Å²) in [6, 6.07) is 6.76. The van der Waals surface area contributed by atoms with Gasteiger partial charge < -0.3 is 21.1 Å². The van der Waals surface area contributed by atoms with Crippen molar-refractivity contribution in [2.24, 2.45) is 0 Å². The Hall–Kier alpha value is -1.75. The Labute approximate surface area is 95.0 Å². The van der Waals surface area contributed by atoms with E-state index in [1.165, 1.54) is 0 Å². The molecule has 0 aromatic heterocycles. The molecule has 0 radical (unpaired) electrons. The summed E-state index contributed by atoms with van der Waals surface area (Å²) < 4.78 is 5.09. The monoisotopic (exact) mass is 223 g/mol. The van der Waals surface area contributed by atoms with Gasteiger partial charge in [0.05, 0.1) is 6.61 Å². The third-order valence-corrected chi connectivity index (χ3v) is 1.88. The minimum Gasteiger partial charge on any atom is -0.399 e. The number of urea groups is 1. The van der Waals surface area contributed by atoms with Gasteiger partial charge in [0.25, 0.3) is 0 Å². The predicted octanol–water partition coefficient (Wildman–Crippen LogP) is 1.43. The maximum atomic E-state index is 11.4. The molecule has 0 atom stereocenters. The summed E-state index contributed by atoms with van der Waals surface area (Å²) in [5.74, 6) is 0. The molecular formula is C11H17N3O2. The van der Waals surface area contributed by atoms with Crippen LogP contribution in [0.15, 0.2) is 24.3 Å². The van der Waals surface area contributed by atoms with E-state index >= 15 is 0 Å². The van der Waals surface area contributed by atoms with Crippen molar-refractivity contribution in [2.75, 3.05) is 30.8 Å². The number of carbonyl (C=O) groups is 1. The molecule has 16 heavy (non-hydrogen) atoms. The van der Waals surface area contributed by atoms with Gasteiger partial charge in [-0.3, -0.25) is 0 Å². The number of nitrogens with two attached hydrogens (primary N) is 1. The lowest BCUT2D eigenvalue weighted by Gasteiger charge is -2.07. The predicted molar refractivity (Wildman–Crippen MR) is 64.4 cm³/mol. The lowest BCUT2D eigenvalue weighted by atomic mass is 10.3. The van der Waals surface area contributed by atoms with Crippen LogP contribution in [0.2, 0.25) is 0 Å². The van der Waals surface area contributed by atoms with E-state index in [2.05, 4.69) is 10.6 Å². The molecular weight excluding hydrogens is 206 g/mol. The van der Waals surface area contributed by atoms with Gasteiger partial charge in [0.2, 0.25) is 0 Å². The van der Waals surface area contributed by atoms with Crippen LogP contribution in [-0.2, 0) is 4.74 Å². The average molecular weight is 223 g/mol. The summed E-state index contributed by atoms with van der Waals surface area (Å²) >= 11 is 0. The minimum absolute atomic E-state index is 0.259. The van der Waals surface area contributed by atoms with Crippen LogP contribution < -0.4 is 16.4 Å². The Kier molecular flexibility index (Phi) is 5.15. The first kappa shape index (κ1) is 12.3. The number of amides is 2. The maximum absolute atomic E-state index is 11.4. The second kappa shape index (κ2) is 6.68. The van der Waals surface area contributed by atoms with E-state index in [0.29, 0.717) is 31.1 Å². The van der Waals surface area contributed by atoms with Crippen LogP contribution in [0, 0.1) is 0 Å². The molecule has 0 aliphatic rings. The summed E-state index contributed by atoms with van der Waals surface area (Å²) in [5, 5.41) is 5.34. The smallest absolute Gasteiger partial charge is 0.319 e. The molecule has 0 spiro atoms. The van der Waals surface area contributed by atoms with E-state index in [1.807, 2.05) is 6.92 Å². The van der Waals surface area contributed by atoms with Gasteiger partial charge in [-0.2, -0.15) is 0 Å². The molecule has 0 bridgehead atoms. The first-order chi connectivity index (χ1) is 7.72. The number of nitrogen functional groups attached to an aromatic ring is 1. The second-order valence-corrected chi connectivity index (χ2v) is 3.20. The molecule has 0 aliphatic heterocycles. The van der Waals surface area contributed by atoms with Gasteiger partial charge in [0, 0.05) is 24.5 Å². The van der Waals surface area contributed by atoms with Gasteiger partial charge in [-0.1, -0.05) is 6.07 Å². The van der Waals surface area contributed by atoms with Crippen molar-refractivity contribution < 1.29 is 9.53 Å². The number of hydrogen-bond acceptors (Lipinski definition) is 3. The van der Waals surface area contributed by atoms with Gasteiger partial charge in [-0.15, -0.1) is 0 Å². The highest BCUT2D eigenvalue weighted by Crippen LogP contribution is 2.11. The summed E-state index contributed by atoms with van der Waals surface area (Å²) in [6.07, 6.45) is 0. The lowest BCUT2D eigenvalue weighted by Crippen LogP contribution is -2.31. The maximum Gasteiger partial charge on any atom is 0.319 e. The molecule has 0 heterocycles. The third-order valence-electron chi connectivity index (χ3n) is 1.88. The summed E-state index contributed by atoms with van der Waals surface area (Å²) in [6.45, 7) is 3.56. The molecule has 4 N–H and O–H groups in total. The molecule has 0 saturated carbocycles. The fourth-order valence-corrected chi connectivity index (χ4v) is 1.17. The Balaban J connectivity index is 2.29. The molecule has 5 heteroatoms. The highest BCUT2D eigenvalue weighted by atomic mass is 16.5. The largest absolute Gasteiger partial charge is 0.399 e. The standard InChI is InChI=1S/C11H17N3O2/c1-2-16-7-6-13-11(15)14-10-5-3-4-9(12)8-10/h3-5,8H,2,6-7,12H2,1H3,(H2,13,14,15). The van der Waals surface area contributed by atoms with Crippen molar-refractivity contribution >= 4 is 17.4 Å². The van der Waals surface area contributed by atoms with E-state index in [-0.39, 0.29) is 6.03 Å². The fourth-order valence-electron chi connectivity index (χ4n) is 1.17. The Morgan fingerprint density at radius 3 is 3.00 bits per heavy atom. The minimum atomic E-state index is -0.259. The zero-order valence-corrected chi connectivity index (χ0v) is 9.32. The van der Waals surface area contributed by atoms with Crippen molar-refractivity contribution in [1.29, 1.82) is 0 Å². The van der Waals surface area contributed by atoms with Crippen LogP contribution in [0.25, 0.3) is 0 Å². The zero-order valence-electron chi connectivity index (χ0n) is 9.32. The molecule has 5 nitrogen and oxygen atoms in total. The van der Waals surface area contributed by atoms with Crippen LogP contribution in [-0.4, -0.2) is 25.8 Å². The van der Waals surface area contributed by atoms with Crippen molar-refractivity contribution in [3.05, 3.63) is 24.3 Å². The van der Waals surface area contributed by atoms with Gasteiger partial charge in [-0.25, -0.2) is 4.79 Å². The molecule has 1 rings (SSSR count). The highest BCUT2D eigenvalue weighted by molar-refractivity contribution is 5.89. The first-order valence-electron chi connectivity index (χ1n) is 5.20. The van der Waals surface area contributed by atoms with Crippen molar-refractivity contribution in [3.8, 4) is 0 Å². The van der Waals surface area contributed by atoms with Gasteiger partial charge in [0.15, 0.2) is 0 Å². The van der Waals surface area contributed by atoms with E-state index in [1.54, 1.807) is 24.3 Å². The van der Waals surface area contributed by atoms with Gasteiger partial charge in [0.1, 0.15) is 0 Å². The van der Waals surface area contributed by atoms with E-state index in [4.69, 9.17) is 10.5 Å². The second-order valence-electron chi connectivity index (χ2n) is 3.20. The Morgan fingerprint density at radius 2 is 2.31 bits per heavy atom. The van der Waals surface area contributed by atoms with Gasteiger partial charge >= 0.3 is 6.03 Å². The number of benzene rings is 1. The third kappa shape index (κ3) is 4.65. The van der Waals surface area contributed by atoms with Crippen molar-refractivity contribution in [1.82, 2.24) is 5.32 Å². The van der Waals surface area contributed by atoms with Crippen LogP contribution in [0.5, 0.6) is 0 Å². The topological polar surface area (TPSA) is 76.4 Å². The number of ether oxygens (including phenoxy) is 1. The first-order valence-corrected chi connectivity index (χ1v) is 5.20. The number of carbonyl (C=O) groups excluding carboxylic acids is 1. The molecule has 0 unspecified atom stereocenters. The summed E-state index contributed by atoms with van der Waals surface area (Å²) in [4.78, 5) is 11.4. The zero-order chi connectivity index (χ0) is 11.8. The SMILES string of the molecule is CCOCCNC(=O)Nc1cccc(N)c1. The van der Waals surface area contributed by atoms with Crippen molar-refractivity contribution in [3.63, 3.8) is 0 Å². The number of rotatable bonds is 5. The lowest BCUT2D eigenvalue weighted by molar-refractivity contribution is 0.150. The van der Waals surface area contributed by atoms with E-state index < -0.39 is 0 Å². The molecule has 2 amide bonds. The molecule has 1 aromatic carbocycles. The summed E-state index contributed by atoms with van der Waals surface area (Å²) in [5.41, 5.74) is 6.87. The average Bonchev–Trinajstić information content (AvgIpc) is 2.24. The van der Waals surface area contributed by atoms with Gasteiger partial charge in [-0.05, 0) is 25.1 Å². The fraction of sp³-hybridized carbons (Fsp3) is 0.364. The molecule has 0 saturated heterocycles. The van der Waals surface area contributed by atoms with Crippen LogP contribution >= 0.6 is 0 Å². The Morgan fingerprint density at radius 1 is 1.50 bits per heavy atom. The van der Waals surface area contributed by atoms with E-state index in [0.717, 1.165) is 0 Å². The van der Waals surface area contributed by atoms with Crippen LogP contribution in [0.3, 0.4) is 0 Å². The number of hydrogen-bond donors (Lipinski definition) is 3. The molecule has 0 aliphatic carbocycles. The molecule has 0 fully saturated rings.